The molecule has 0 amide bonds. The van der Waals surface area contributed by atoms with Crippen LogP contribution in [-0.4, -0.2) is 51.2 Å². The highest BCUT2D eigenvalue weighted by molar-refractivity contribution is 7.89. The third kappa shape index (κ3) is 4.55. The lowest BCUT2D eigenvalue weighted by Gasteiger charge is -2.28. The Balaban J connectivity index is 1.92. The molecule has 2 heterocycles. The molecule has 0 unspecified atom stereocenters. The molecule has 0 bridgehead atoms. The van der Waals surface area contributed by atoms with Crippen molar-refractivity contribution in [1.29, 1.82) is 0 Å². The van der Waals surface area contributed by atoms with Gasteiger partial charge >= 0.3 is 0 Å². The Morgan fingerprint density at radius 3 is 2.65 bits per heavy atom. The van der Waals surface area contributed by atoms with Gasteiger partial charge in [-0.2, -0.15) is 0 Å². The Morgan fingerprint density at radius 1 is 1.23 bits per heavy atom. The fourth-order valence-electron chi connectivity index (χ4n) is 3.74. The first-order chi connectivity index (χ1) is 12.4. The first kappa shape index (κ1) is 19.1. The van der Waals surface area contributed by atoms with Gasteiger partial charge in [0.05, 0.1) is 5.75 Å². The van der Waals surface area contributed by atoms with Crippen LogP contribution in [0.2, 0.25) is 0 Å². The van der Waals surface area contributed by atoms with Gasteiger partial charge in [-0.15, -0.1) is 0 Å². The average Bonchev–Trinajstić information content (AvgIpc) is 2.98. The van der Waals surface area contributed by atoms with Crippen molar-refractivity contribution in [1.82, 2.24) is 14.6 Å². The van der Waals surface area contributed by atoms with Crippen LogP contribution in [0.5, 0.6) is 0 Å². The predicted octanol–water partition coefficient (Wildman–Crippen LogP) is 1.21. The van der Waals surface area contributed by atoms with E-state index in [1.165, 1.54) is 30.7 Å². The number of piperidine rings is 1. The number of hydrogen-bond acceptors (Lipinski definition) is 3. The van der Waals surface area contributed by atoms with Gasteiger partial charge in [-0.25, -0.2) is 13.1 Å². The molecule has 1 aromatic heterocycles. The minimum Gasteiger partial charge on any atom is -0.361 e. The van der Waals surface area contributed by atoms with E-state index < -0.39 is 10.0 Å². The normalized spacial score (nSPS) is 26.1. The molecular formula is C20H29N3O2S. The molecule has 142 valence electrons. The Morgan fingerprint density at radius 2 is 1.96 bits per heavy atom. The van der Waals surface area contributed by atoms with Crippen LogP contribution in [0, 0.1) is 0 Å². The number of hydrogen-bond donors (Lipinski definition) is 2. The summed E-state index contributed by atoms with van der Waals surface area (Å²) in [5.74, 6) is 0.690. The summed E-state index contributed by atoms with van der Waals surface area (Å²) >= 11 is 0. The van der Waals surface area contributed by atoms with Gasteiger partial charge in [0.1, 0.15) is 0 Å². The summed E-state index contributed by atoms with van der Waals surface area (Å²) in [6, 6.07) is 0. The van der Waals surface area contributed by atoms with E-state index >= 15 is 0 Å². The van der Waals surface area contributed by atoms with Crippen LogP contribution in [-0.2, 0) is 10.0 Å². The molecule has 0 atom stereocenters. The van der Waals surface area contributed by atoms with Crippen molar-refractivity contribution in [2.24, 2.45) is 0 Å². The van der Waals surface area contributed by atoms with Crippen molar-refractivity contribution in [2.45, 2.75) is 32.1 Å². The zero-order valence-corrected chi connectivity index (χ0v) is 16.7. The van der Waals surface area contributed by atoms with Crippen LogP contribution in [0.1, 0.15) is 37.7 Å². The first-order valence-electron chi connectivity index (χ1n) is 9.26. The molecular weight excluding hydrogens is 346 g/mol. The highest BCUT2D eigenvalue weighted by Crippen LogP contribution is 2.24. The van der Waals surface area contributed by atoms with Crippen molar-refractivity contribution in [3.8, 4) is 0 Å². The summed E-state index contributed by atoms with van der Waals surface area (Å²) < 4.78 is 25.9. The number of nitrogens with zero attached hydrogens (tertiary/aromatic N) is 1. The molecule has 2 aliphatic rings. The maximum absolute atomic E-state index is 11.7. The highest BCUT2D eigenvalue weighted by atomic mass is 32.2. The molecule has 0 saturated carbocycles. The van der Waals surface area contributed by atoms with E-state index in [-0.39, 0.29) is 5.75 Å². The van der Waals surface area contributed by atoms with Gasteiger partial charge in [0.25, 0.3) is 0 Å². The molecule has 0 radical (unpaired) electrons. The van der Waals surface area contributed by atoms with Gasteiger partial charge in [0.2, 0.25) is 10.0 Å². The number of allylic oxidation sites excluding steroid dienone is 4. The minimum atomic E-state index is -3.19. The number of fused-ring (bicyclic) bond motifs is 1. The van der Waals surface area contributed by atoms with Crippen molar-refractivity contribution in [2.75, 3.05) is 32.9 Å². The minimum absolute atomic E-state index is 0.106. The monoisotopic (exact) mass is 375 g/mol. The second kappa shape index (κ2) is 7.94. The number of H-pyrrole nitrogens is 1. The Labute approximate surface area is 156 Å². The lowest BCUT2D eigenvalue weighted by molar-refractivity contribution is 0.255. The second-order valence-corrected chi connectivity index (χ2v) is 9.41. The van der Waals surface area contributed by atoms with Gasteiger partial charge in [-0.3, -0.25) is 0 Å². The van der Waals surface area contributed by atoms with Crippen LogP contribution < -0.4 is 15.3 Å². The van der Waals surface area contributed by atoms with Crippen LogP contribution in [0.15, 0.2) is 29.5 Å². The van der Waals surface area contributed by atoms with Gasteiger partial charge in [0, 0.05) is 16.8 Å². The molecule has 1 saturated heterocycles. The highest BCUT2D eigenvalue weighted by Gasteiger charge is 2.20. The van der Waals surface area contributed by atoms with E-state index in [4.69, 9.17) is 0 Å². The number of rotatable bonds is 5. The van der Waals surface area contributed by atoms with Crippen LogP contribution in [0.4, 0.5) is 0 Å². The molecule has 6 heteroatoms. The van der Waals surface area contributed by atoms with Crippen molar-refractivity contribution in [3.63, 3.8) is 0 Å². The van der Waals surface area contributed by atoms with Gasteiger partial charge in [0.15, 0.2) is 0 Å². The van der Waals surface area contributed by atoms with Gasteiger partial charge in [-0.1, -0.05) is 18.2 Å². The topological polar surface area (TPSA) is 65.2 Å². The second-order valence-electron chi connectivity index (χ2n) is 7.36. The van der Waals surface area contributed by atoms with E-state index in [2.05, 4.69) is 59.1 Å². The molecule has 0 aromatic carbocycles. The molecule has 26 heavy (non-hydrogen) atoms. The number of sulfonamides is 1. The fourth-order valence-corrected chi connectivity index (χ4v) is 4.45. The van der Waals surface area contributed by atoms with E-state index in [0.717, 1.165) is 29.6 Å². The van der Waals surface area contributed by atoms with E-state index in [9.17, 15) is 8.42 Å². The Bertz CT molecular complexity index is 930. The molecule has 1 aromatic rings. The molecule has 1 fully saturated rings. The SMILES string of the molecule is CNS(=O)(=O)CCC1=C/C=c2/c(C3CCN(C)CC3)c[nH]/c2=C/C(C)=C\1. The van der Waals surface area contributed by atoms with Crippen LogP contribution in [0.25, 0.3) is 12.2 Å². The van der Waals surface area contributed by atoms with Crippen molar-refractivity contribution in [3.05, 3.63) is 45.6 Å². The molecule has 5 nitrogen and oxygen atoms in total. The number of aromatic amines is 1. The van der Waals surface area contributed by atoms with E-state index in [1.54, 1.807) is 0 Å². The first-order valence-corrected chi connectivity index (χ1v) is 10.9. The predicted molar refractivity (Wildman–Crippen MR) is 108 cm³/mol. The summed E-state index contributed by atoms with van der Waals surface area (Å²) in [5.41, 5.74) is 3.56. The summed E-state index contributed by atoms with van der Waals surface area (Å²) in [5, 5.41) is 2.40. The molecule has 0 spiro atoms. The van der Waals surface area contributed by atoms with Crippen LogP contribution in [0.3, 0.4) is 0 Å². The number of aromatic nitrogens is 1. The zero-order chi connectivity index (χ0) is 18.7. The molecule has 1 aliphatic heterocycles. The quantitative estimate of drug-likeness (QED) is 0.813. The van der Waals surface area contributed by atoms with Gasteiger partial charge < -0.3 is 9.88 Å². The van der Waals surface area contributed by atoms with Crippen molar-refractivity contribution < 1.29 is 8.42 Å². The largest absolute Gasteiger partial charge is 0.361 e. The van der Waals surface area contributed by atoms with Crippen LogP contribution >= 0.6 is 0 Å². The molecule has 3 rings (SSSR count). The Kier molecular flexibility index (Phi) is 5.85. The molecule has 1 aliphatic carbocycles. The van der Waals surface area contributed by atoms with E-state index in [0.29, 0.717) is 12.3 Å². The number of nitrogens with one attached hydrogen (secondary N) is 2. The Hall–Kier alpha value is -1.63. The third-order valence-electron chi connectivity index (χ3n) is 5.36. The zero-order valence-electron chi connectivity index (χ0n) is 15.9. The molecule has 2 N–H and O–H groups in total. The summed E-state index contributed by atoms with van der Waals surface area (Å²) in [4.78, 5) is 5.82. The lowest BCUT2D eigenvalue weighted by Crippen LogP contribution is -2.33. The van der Waals surface area contributed by atoms with Gasteiger partial charge in [-0.05, 0) is 82.1 Å². The lowest BCUT2D eigenvalue weighted by atomic mass is 9.90. The fraction of sp³-hybridized carbons (Fsp3) is 0.500. The maximum Gasteiger partial charge on any atom is 0.211 e. The third-order valence-corrected chi connectivity index (χ3v) is 6.73. The summed E-state index contributed by atoms with van der Waals surface area (Å²) in [7, 11) is 0.449. The summed E-state index contributed by atoms with van der Waals surface area (Å²) in [6.45, 7) is 4.33. The average molecular weight is 376 g/mol. The standard InChI is InChI=1S/C20H29N3O2S/c1-15-12-16(8-11-26(24,25)21-2)4-5-18-19(14-22-20(18)13-15)17-6-9-23(3)10-7-17/h4-5,12-14,17,21-22H,6-11H2,1-3H3/b5-4?,15-12-,15-13?,16-4-,16-12?,18-5-,20-13+. The van der Waals surface area contributed by atoms with E-state index in [1.807, 2.05) is 0 Å². The smallest absolute Gasteiger partial charge is 0.211 e. The number of likely N-dealkylation sites (tertiary alicyclic amines) is 1. The van der Waals surface area contributed by atoms with Crippen molar-refractivity contribution >= 4 is 22.2 Å². The summed E-state index contributed by atoms with van der Waals surface area (Å²) in [6.07, 6.45) is 13.5. The maximum atomic E-state index is 11.7.